The number of hydrogen-bond acceptors (Lipinski definition) is 8. The maximum Gasteiger partial charge on any atom is 0.253 e. The lowest BCUT2D eigenvalue weighted by molar-refractivity contribution is -0.121. The van der Waals surface area contributed by atoms with Gasteiger partial charge in [0, 0.05) is 12.7 Å². The van der Waals surface area contributed by atoms with Gasteiger partial charge in [-0.2, -0.15) is 4.31 Å². The molecule has 11 heteroatoms. The molecule has 0 saturated carbocycles. The molecule has 8 nitrogen and oxygen atoms in total. The number of amides is 1. The predicted octanol–water partition coefficient (Wildman–Crippen LogP) is 4.15. The van der Waals surface area contributed by atoms with Gasteiger partial charge in [-0.1, -0.05) is 23.5 Å². The van der Waals surface area contributed by atoms with Crippen LogP contribution >= 0.6 is 22.7 Å². The minimum Gasteiger partial charge on any atom is -0.497 e. The van der Waals surface area contributed by atoms with Crippen LogP contribution in [0.4, 0.5) is 5.13 Å². The van der Waals surface area contributed by atoms with Gasteiger partial charge in [-0.3, -0.25) is 14.7 Å². The molecule has 176 valence electrons. The Kier molecular flexibility index (Phi) is 6.34. The Labute approximate surface area is 205 Å². The molecule has 1 fully saturated rings. The molecule has 1 saturated heterocycles. The first-order valence-corrected chi connectivity index (χ1v) is 13.8. The SMILES string of the molecule is COc1ccc2nc(N(Cc3ccccn3)C(=O)C3CCCN3S(=O)(=O)c3cccs3)sc2c1. The third-order valence-electron chi connectivity index (χ3n) is 5.67. The number of benzene rings is 1. The molecule has 1 unspecified atom stereocenters. The second-order valence-electron chi connectivity index (χ2n) is 7.78. The van der Waals surface area contributed by atoms with Gasteiger partial charge in [-0.05, 0) is 54.6 Å². The van der Waals surface area contributed by atoms with Crippen LogP contribution in [0.3, 0.4) is 0 Å². The second-order valence-corrected chi connectivity index (χ2v) is 11.9. The fourth-order valence-corrected chi connectivity index (χ4v) is 7.78. The first-order chi connectivity index (χ1) is 16.5. The van der Waals surface area contributed by atoms with Crippen LogP contribution in [0, 0.1) is 0 Å². The number of methoxy groups -OCH3 is 1. The zero-order chi connectivity index (χ0) is 23.7. The van der Waals surface area contributed by atoms with Crippen molar-refractivity contribution in [2.75, 3.05) is 18.6 Å². The average Bonchev–Trinajstić information content (AvgIpc) is 3.62. The Balaban J connectivity index is 1.53. The van der Waals surface area contributed by atoms with Crippen molar-refractivity contribution < 1.29 is 17.9 Å². The van der Waals surface area contributed by atoms with Crippen LogP contribution in [0.15, 0.2) is 64.3 Å². The van der Waals surface area contributed by atoms with E-state index in [1.807, 2.05) is 36.4 Å². The number of ether oxygens (including phenoxy) is 1. The van der Waals surface area contributed by atoms with Crippen molar-refractivity contribution in [2.45, 2.75) is 29.6 Å². The number of rotatable bonds is 7. The Bertz CT molecular complexity index is 1400. The predicted molar refractivity (Wildman–Crippen MR) is 133 cm³/mol. The molecule has 0 aliphatic carbocycles. The Hall–Kier alpha value is -2.86. The number of thiazole rings is 1. The van der Waals surface area contributed by atoms with Crippen molar-refractivity contribution in [2.24, 2.45) is 0 Å². The van der Waals surface area contributed by atoms with Gasteiger partial charge in [0.15, 0.2) is 5.13 Å². The molecule has 0 spiro atoms. The normalized spacial score (nSPS) is 16.7. The summed E-state index contributed by atoms with van der Waals surface area (Å²) in [5.41, 5.74) is 1.44. The molecule has 0 bridgehead atoms. The highest BCUT2D eigenvalue weighted by Gasteiger charge is 2.42. The van der Waals surface area contributed by atoms with E-state index in [9.17, 15) is 13.2 Å². The summed E-state index contributed by atoms with van der Waals surface area (Å²) in [6.45, 7) is 0.505. The van der Waals surface area contributed by atoms with E-state index >= 15 is 0 Å². The highest BCUT2D eigenvalue weighted by Crippen LogP contribution is 2.35. The van der Waals surface area contributed by atoms with Gasteiger partial charge in [0.1, 0.15) is 16.0 Å². The molecule has 1 amide bonds. The largest absolute Gasteiger partial charge is 0.497 e. The van der Waals surface area contributed by atoms with E-state index < -0.39 is 16.1 Å². The fourth-order valence-electron chi connectivity index (χ4n) is 4.01. The molecule has 0 N–H and O–H groups in total. The van der Waals surface area contributed by atoms with Crippen LogP contribution < -0.4 is 9.64 Å². The first-order valence-electron chi connectivity index (χ1n) is 10.7. The minimum atomic E-state index is -3.76. The summed E-state index contributed by atoms with van der Waals surface area (Å²) in [6.07, 6.45) is 2.75. The Morgan fingerprint density at radius 3 is 2.85 bits per heavy atom. The molecule has 34 heavy (non-hydrogen) atoms. The zero-order valence-electron chi connectivity index (χ0n) is 18.3. The van der Waals surface area contributed by atoms with Crippen molar-refractivity contribution in [3.63, 3.8) is 0 Å². The average molecular weight is 515 g/mol. The number of fused-ring (bicyclic) bond motifs is 1. The highest BCUT2D eigenvalue weighted by molar-refractivity contribution is 7.91. The fraction of sp³-hybridized carbons (Fsp3) is 0.261. The number of anilines is 1. The molecular formula is C23H22N4O4S3. The lowest BCUT2D eigenvalue weighted by atomic mass is 10.2. The van der Waals surface area contributed by atoms with Gasteiger partial charge in [0.05, 0.1) is 29.6 Å². The summed E-state index contributed by atoms with van der Waals surface area (Å²) in [5, 5.41) is 2.22. The second kappa shape index (κ2) is 9.41. The number of sulfonamides is 1. The van der Waals surface area contributed by atoms with Crippen LogP contribution in [-0.4, -0.2) is 48.3 Å². The van der Waals surface area contributed by atoms with E-state index in [-0.39, 0.29) is 16.7 Å². The first kappa shape index (κ1) is 22.9. The smallest absolute Gasteiger partial charge is 0.253 e. The van der Waals surface area contributed by atoms with E-state index in [4.69, 9.17) is 4.74 Å². The lowest BCUT2D eigenvalue weighted by Crippen LogP contribution is -2.47. The molecule has 1 aromatic carbocycles. The van der Waals surface area contributed by atoms with E-state index in [1.165, 1.54) is 15.6 Å². The maximum absolute atomic E-state index is 13.9. The van der Waals surface area contributed by atoms with E-state index in [0.717, 1.165) is 21.6 Å². The van der Waals surface area contributed by atoms with Crippen LogP contribution in [0.25, 0.3) is 10.2 Å². The summed E-state index contributed by atoms with van der Waals surface area (Å²) in [7, 11) is -2.16. The molecule has 5 rings (SSSR count). The molecule has 1 aliphatic rings. The van der Waals surface area contributed by atoms with Crippen molar-refractivity contribution in [1.82, 2.24) is 14.3 Å². The molecule has 4 aromatic rings. The molecule has 1 aliphatic heterocycles. The number of hydrogen-bond donors (Lipinski definition) is 0. The van der Waals surface area contributed by atoms with E-state index in [2.05, 4.69) is 9.97 Å². The van der Waals surface area contributed by atoms with Crippen LogP contribution in [-0.2, 0) is 21.4 Å². The van der Waals surface area contributed by atoms with Gasteiger partial charge in [0.2, 0.25) is 5.91 Å². The molecule has 3 aromatic heterocycles. The van der Waals surface area contributed by atoms with E-state index in [0.29, 0.717) is 36.0 Å². The Morgan fingerprint density at radius 2 is 2.12 bits per heavy atom. The number of carbonyl (C=O) groups is 1. The maximum atomic E-state index is 13.9. The number of carbonyl (C=O) groups excluding carboxylic acids is 1. The highest BCUT2D eigenvalue weighted by atomic mass is 32.2. The van der Waals surface area contributed by atoms with Crippen LogP contribution in [0.5, 0.6) is 5.75 Å². The van der Waals surface area contributed by atoms with Gasteiger partial charge >= 0.3 is 0 Å². The summed E-state index contributed by atoms with van der Waals surface area (Å²) in [5.74, 6) is 0.406. The van der Waals surface area contributed by atoms with Crippen molar-refractivity contribution in [1.29, 1.82) is 0 Å². The number of aromatic nitrogens is 2. The third-order valence-corrected chi connectivity index (χ3v) is 10.00. The van der Waals surface area contributed by atoms with Crippen molar-refractivity contribution in [3.8, 4) is 5.75 Å². The molecular weight excluding hydrogens is 492 g/mol. The zero-order valence-corrected chi connectivity index (χ0v) is 20.8. The topological polar surface area (TPSA) is 92.7 Å². The van der Waals surface area contributed by atoms with Gasteiger partial charge in [-0.15, -0.1) is 11.3 Å². The summed E-state index contributed by atoms with van der Waals surface area (Å²) in [6, 6.07) is 13.5. The van der Waals surface area contributed by atoms with Crippen molar-refractivity contribution in [3.05, 3.63) is 65.8 Å². The van der Waals surface area contributed by atoms with Crippen molar-refractivity contribution >= 4 is 54.0 Å². The lowest BCUT2D eigenvalue weighted by Gasteiger charge is -2.28. The molecule has 1 atom stereocenters. The monoisotopic (exact) mass is 514 g/mol. The summed E-state index contributed by atoms with van der Waals surface area (Å²) in [4.78, 5) is 24.5. The standard InChI is InChI=1S/C23H22N4O4S3/c1-31-17-9-10-18-20(14-17)33-23(25-18)26(15-16-6-2-3-11-24-16)22(28)19-7-4-12-27(19)34(29,30)21-8-5-13-32-21/h2-3,5-6,8-11,13-14,19H,4,7,12,15H2,1H3. The van der Waals surface area contributed by atoms with Gasteiger partial charge in [-0.25, -0.2) is 13.4 Å². The van der Waals surface area contributed by atoms with Crippen LogP contribution in [0.2, 0.25) is 0 Å². The summed E-state index contributed by atoms with van der Waals surface area (Å²) >= 11 is 2.53. The molecule has 0 radical (unpaired) electrons. The van der Waals surface area contributed by atoms with Gasteiger partial charge in [0.25, 0.3) is 10.0 Å². The van der Waals surface area contributed by atoms with Crippen LogP contribution in [0.1, 0.15) is 18.5 Å². The third kappa shape index (κ3) is 4.31. The number of nitrogens with zero attached hydrogens (tertiary/aromatic N) is 4. The number of pyridine rings is 1. The molecule has 4 heterocycles. The Morgan fingerprint density at radius 1 is 1.24 bits per heavy atom. The quantitative estimate of drug-likeness (QED) is 0.368. The minimum absolute atomic E-state index is 0.194. The van der Waals surface area contributed by atoms with Gasteiger partial charge < -0.3 is 4.74 Å². The summed E-state index contributed by atoms with van der Waals surface area (Å²) < 4.78 is 34.3. The number of thiophene rings is 1. The van der Waals surface area contributed by atoms with E-state index in [1.54, 1.807) is 35.7 Å².